The molecule has 1 heterocycles. The molecular formula is C13H17N3O4. The van der Waals surface area contributed by atoms with Crippen LogP contribution in [0.2, 0.25) is 0 Å². The zero-order chi connectivity index (χ0) is 14.5. The second-order valence-electron chi connectivity index (χ2n) is 6.16. The summed E-state index contributed by atoms with van der Waals surface area (Å²) in [5.74, 6) is -0.851. The molecule has 2 aliphatic carbocycles. The van der Waals surface area contributed by atoms with Gasteiger partial charge in [0.05, 0.1) is 18.4 Å². The van der Waals surface area contributed by atoms with E-state index in [0.29, 0.717) is 17.6 Å². The van der Waals surface area contributed by atoms with Crippen LogP contribution in [-0.4, -0.2) is 27.1 Å². The Morgan fingerprint density at radius 1 is 1.40 bits per heavy atom. The fraction of sp³-hybridized carbons (Fsp3) is 0.692. The number of carboxylic acids is 1. The van der Waals surface area contributed by atoms with Gasteiger partial charge < -0.3 is 14.9 Å². The van der Waals surface area contributed by atoms with Gasteiger partial charge in [-0.05, 0) is 18.3 Å². The summed E-state index contributed by atoms with van der Waals surface area (Å²) in [4.78, 5) is 27.2. The summed E-state index contributed by atoms with van der Waals surface area (Å²) in [5.41, 5.74) is -0.494. The Morgan fingerprint density at radius 2 is 2.10 bits per heavy atom. The minimum Gasteiger partial charge on any atom is -0.481 e. The normalized spacial score (nSPS) is 27.1. The van der Waals surface area contributed by atoms with Crippen molar-refractivity contribution in [3.63, 3.8) is 0 Å². The molecule has 3 rings (SSSR count). The number of hydrogen-bond donors (Lipinski definition) is 2. The average Bonchev–Trinajstić information content (AvgIpc) is 3.24. The summed E-state index contributed by atoms with van der Waals surface area (Å²) < 4.78 is 5.09. The van der Waals surface area contributed by atoms with Crippen molar-refractivity contribution in [3.8, 4) is 0 Å². The highest BCUT2D eigenvalue weighted by atomic mass is 16.5. The monoisotopic (exact) mass is 279 g/mol. The zero-order valence-corrected chi connectivity index (χ0v) is 11.4. The molecule has 108 valence electrons. The fourth-order valence-electron chi connectivity index (χ4n) is 2.70. The van der Waals surface area contributed by atoms with Crippen molar-refractivity contribution in [2.75, 3.05) is 0 Å². The number of rotatable bonds is 5. The van der Waals surface area contributed by atoms with Gasteiger partial charge >= 0.3 is 5.97 Å². The molecule has 2 N–H and O–H groups in total. The molecule has 0 radical (unpaired) electrons. The lowest BCUT2D eigenvalue weighted by molar-refractivity contribution is -0.140. The summed E-state index contributed by atoms with van der Waals surface area (Å²) in [6.45, 7) is 3.75. The standard InChI is InChI=1S/C13H17N3O4/c1-13(2)8(9(13)12(18)19)10(17)14-5-7-15-11(20-16-7)6-3-4-6/h6,8-9H,3-5H2,1-2H3,(H,14,17)(H,18,19)/t8-,9+/m1/s1. The van der Waals surface area contributed by atoms with Crippen molar-refractivity contribution in [1.82, 2.24) is 15.5 Å². The minimum absolute atomic E-state index is 0.175. The largest absolute Gasteiger partial charge is 0.481 e. The number of hydrogen-bond acceptors (Lipinski definition) is 5. The quantitative estimate of drug-likeness (QED) is 0.830. The molecule has 2 fully saturated rings. The van der Waals surface area contributed by atoms with Crippen LogP contribution in [0.15, 0.2) is 4.52 Å². The number of nitrogens with one attached hydrogen (secondary N) is 1. The third-order valence-corrected chi connectivity index (χ3v) is 4.21. The second-order valence-corrected chi connectivity index (χ2v) is 6.16. The molecule has 20 heavy (non-hydrogen) atoms. The van der Waals surface area contributed by atoms with Crippen molar-refractivity contribution in [3.05, 3.63) is 11.7 Å². The fourth-order valence-corrected chi connectivity index (χ4v) is 2.70. The maximum absolute atomic E-state index is 12.0. The molecule has 1 amide bonds. The van der Waals surface area contributed by atoms with Crippen LogP contribution in [0.5, 0.6) is 0 Å². The van der Waals surface area contributed by atoms with E-state index in [2.05, 4.69) is 15.5 Å². The average molecular weight is 279 g/mol. The van der Waals surface area contributed by atoms with Gasteiger partial charge in [-0.3, -0.25) is 9.59 Å². The summed E-state index contributed by atoms with van der Waals surface area (Å²) in [5, 5.41) is 15.5. The van der Waals surface area contributed by atoms with Gasteiger partial charge in [-0.2, -0.15) is 4.98 Å². The summed E-state index contributed by atoms with van der Waals surface area (Å²) in [7, 11) is 0. The number of aliphatic carboxylic acids is 1. The molecule has 7 heteroatoms. The van der Waals surface area contributed by atoms with Crippen LogP contribution in [-0.2, 0) is 16.1 Å². The third-order valence-electron chi connectivity index (χ3n) is 4.21. The van der Waals surface area contributed by atoms with Crippen LogP contribution in [0.1, 0.15) is 44.3 Å². The first kappa shape index (κ1) is 13.1. The summed E-state index contributed by atoms with van der Waals surface area (Å²) in [6.07, 6.45) is 2.15. The molecule has 0 unspecified atom stereocenters. The maximum atomic E-state index is 12.0. The van der Waals surface area contributed by atoms with E-state index in [1.54, 1.807) is 13.8 Å². The first-order valence-corrected chi connectivity index (χ1v) is 6.74. The van der Waals surface area contributed by atoms with Gasteiger partial charge in [0.15, 0.2) is 5.82 Å². The van der Waals surface area contributed by atoms with Crippen LogP contribution >= 0.6 is 0 Å². The van der Waals surface area contributed by atoms with Gasteiger partial charge in [0.1, 0.15) is 0 Å². The number of amides is 1. The lowest BCUT2D eigenvalue weighted by Gasteiger charge is -2.03. The van der Waals surface area contributed by atoms with Crippen molar-refractivity contribution in [1.29, 1.82) is 0 Å². The van der Waals surface area contributed by atoms with E-state index in [9.17, 15) is 9.59 Å². The van der Waals surface area contributed by atoms with Gasteiger partial charge in [-0.25, -0.2) is 0 Å². The maximum Gasteiger partial charge on any atom is 0.307 e. The summed E-state index contributed by atoms with van der Waals surface area (Å²) >= 11 is 0. The van der Waals surface area contributed by atoms with Crippen molar-refractivity contribution < 1.29 is 19.2 Å². The van der Waals surface area contributed by atoms with Crippen LogP contribution in [0.4, 0.5) is 0 Å². The topological polar surface area (TPSA) is 105 Å². The molecule has 0 aliphatic heterocycles. The molecule has 0 saturated heterocycles. The van der Waals surface area contributed by atoms with Crippen LogP contribution in [0, 0.1) is 17.3 Å². The molecule has 1 aromatic heterocycles. The Balaban J connectivity index is 1.55. The van der Waals surface area contributed by atoms with Gasteiger partial charge in [0.25, 0.3) is 0 Å². The Labute approximate surface area is 115 Å². The van der Waals surface area contributed by atoms with Crippen LogP contribution in [0.25, 0.3) is 0 Å². The molecule has 7 nitrogen and oxygen atoms in total. The molecule has 1 aromatic rings. The number of carbonyl (C=O) groups excluding carboxylic acids is 1. The molecule has 2 saturated carbocycles. The highest BCUT2D eigenvalue weighted by molar-refractivity contribution is 5.91. The highest BCUT2D eigenvalue weighted by Crippen LogP contribution is 2.58. The predicted octanol–water partition coefficient (Wildman–Crippen LogP) is 0.920. The summed E-state index contributed by atoms with van der Waals surface area (Å²) in [6, 6.07) is 0. The lowest BCUT2D eigenvalue weighted by Crippen LogP contribution is -2.27. The number of carboxylic acid groups (broad SMARTS) is 1. The van der Waals surface area contributed by atoms with Gasteiger partial charge in [0.2, 0.25) is 11.8 Å². The van der Waals surface area contributed by atoms with Crippen LogP contribution in [0.3, 0.4) is 0 Å². The SMILES string of the molecule is CC1(C)[C@H](C(=O)O)[C@@H]1C(=O)NCc1noc(C2CC2)n1. The van der Waals surface area contributed by atoms with Crippen molar-refractivity contribution in [2.24, 2.45) is 17.3 Å². The number of aromatic nitrogens is 2. The van der Waals surface area contributed by atoms with E-state index in [-0.39, 0.29) is 12.5 Å². The first-order valence-electron chi connectivity index (χ1n) is 6.74. The molecular weight excluding hydrogens is 262 g/mol. The lowest BCUT2D eigenvalue weighted by atomic mass is 10.1. The Morgan fingerprint density at radius 3 is 2.65 bits per heavy atom. The number of nitrogens with zero attached hydrogens (tertiary/aromatic N) is 2. The molecule has 2 atom stereocenters. The third kappa shape index (κ3) is 2.17. The van der Waals surface area contributed by atoms with Gasteiger partial charge in [-0.15, -0.1) is 0 Å². The van der Waals surface area contributed by atoms with E-state index in [1.807, 2.05) is 0 Å². The van der Waals surface area contributed by atoms with E-state index in [0.717, 1.165) is 12.8 Å². The van der Waals surface area contributed by atoms with E-state index in [1.165, 1.54) is 0 Å². The molecule has 2 aliphatic rings. The molecule has 0 spiro atoms. The Kier molecular flexibility index (Phi) is 2.81. The van der Waals surface area contributed by atoms with E-state index < -0.39 is 23.2 Å². The molecule has 0 aromatic carbocycles. The first-order chi connectivity index (χ1) is 9.41. The van der Waals surface area contributed by atoms with E-state index >= 15 is 0 Å². The predicted molar refractivity (Wildman–Crippen MR) is 66.5 cm³/mol. The van der Waals surface area contributed by atoms with Crippen molar-refractivity contribution in [2.45, 2.75) is 39.2 Å². The van der Waals surface area contributed by atoms with Gasteiger partial charge in [-0.1, -0.05) is 19.0 Å². The number of carbonyl (C=O) groups is 2. The van der Waals surface area contributed by atoms with Crippen LogP contribution < -0.4 is 5.32 Å². The highest BCUT2D eigenvalue weighted by Gasteiger charge is 2.65. The second kappa shape index (κ2) is 4.29. The van der Waals surface area contributed by atoms with E-state index in [4.69, 9.17) is 9.63 Å². The Hall–Kier alpha value is -1.92. The zero-order valence-electron chi connectivity index (χ0n) is 11.4. The minimum atomic E-state index is -0.925. The van der Waals surface area contributed by atoms with Crippen molar-refractivity contribution >= 4 is 11.9 Å². The molecule has 0 bridgehead atoms. The Bertz CT molecular complexity index is 562. The van der Waals surface area contributed by atoms with Gasteiger partial charge in [0, 0.05) is 5.92 Å². The smallest absolute Gasteiger partial charge is 0.307 e.